The molecule has 0 aliphatic heterocycles. The van der Waals surface area contributed by atoms with Crippen LogP contribution in [0.2, 0.25) is 0 Å². The molecule has 73 heavy (non-hydrogen) atoms. The van der Waals surface area contributed by atoms with Crippen molar-refractivity contribution in [3.8, 4) is 0 Å². The Morgan fingerprint density at radius 1 is 0.507 bits per heavy atom. The second-order valence-electron chi connectivity index (χ2n) is 20.2. The molecule has 0 spiro atoms. The van der Waals surface area contributed by atoms with Crippen LogP contribution >= 0.6 is 7.82 Å². The summed E-state index contributed by atoms with van der Waals surface area (Å²) in [6.07, 6.45) is 71.9. The van der Waals surface area contributed by atoms with Gasteiger partial charge in [0.15, 0.2) is 0 Å². The first-order chi connectivity index (χ1) is 35.4. The molecule has 0 bridgehead atoms. The van der Waals surface area contributed by atoms with Gasteiger partial charge in [-0.25, -0.2) is 4.57 Å². The smallest absolute Gasteiger partial charge is 0.456 e. The van der Waals surface area contributed by atoms with Crippen molar-refractivity contribution in [3.63, 3.8) is 0 Å². The Bertz CT molecular complexity index is 1660. The van der Waals surface area contributed by atoms with Gasteiger partial charge in [0, 0.05) is 12.8 Å². The first kappa shape index (κ1) is 69.4. The number of unbranched alkanes of at least 4 members (excludes halogenated alkanes) is 21. The molecule has 0 aromatic heterocycles. The molecule has 3 atom stereocenters. The van der Waals surface area contributed by atoms with Gasteiger partial charge < -0.3 is 19.4 Å². The molecule has 1 amide bonds. The van der Waals surface area contributed by atoms with E-state index in [0.29, 0.717) is 23.9 Å². The van der Waals surface area contributed by atoms with Gasteiger partial charge in [0.1, 0.15) is 19.3 Å². The largest absolute Gasteiger partial charge is 0.472 e. The molecule has 0 heterocycles. The average Bonchev–Trinajstić information content (AvgIpc) is 3.35. The molecule has 3 unspecified atom stereocenters. The van der Waals surface area contributed by atoms with E-state index in [0.717, 1.165) is 103 Å². The van der Waals surface area contributed by atoms with Gasteiger partial charge in [-0.3, -0.25) is 18.6 Å². The fourth-order valence-corrected chi connectivity index (χ4v) is 8.30. The fourth-order valence-electron chi connectivity index (χ4n) is 7.56. The number of hydrogen-bond donors (Lipinski definition) is 2. The quantitative estimate of drug-likeness (QED) is 0.0156. The summed E-state index contributed by atoms with van der Waals surface area (Å²) in [6.45, 7) is 6.76. The molecule has 0 aliphatic rings. The highest BCUT2D eigenvalue weighted by molar-refractivity contribution is 7.47. The van der Waals surface area contributed by atoms with E-state index < -0.39 is 20.0 Å². The number of amides is 1. The standard InChI is InChI=1S/C63H107N2O7P/c1-7-10-13-16-19-22-25-27-29-31-32-34-35-37-40-43-46-49-52-55-62(66)64-60(59-71-73(68,69)70-58-57-65(4,5)6)61(54-51-48-45-42-39-24-21-18-15-12-9-3)72-63(67)56-53-50-47-44-41-38-36-33-30-28-26-23-20-17-14-11-8-2/h11,14,17,19-20,22-23,26-30,32-34,36,38,41,51,54,60-61H,7-10,12-13,15-16,18,21,24-25,31,35,37,39-40,42-50,52-53,55-59H2,1-6H3,(H-,64,66,68,69)/p+1/b14-11-,20-17+,22-19-,26-23+,29-27-,30-28-,34-32-,36-33+,41-38+,54-51+. The van der Waals surface area contributed by atoms with Crippen molar-refractivity contribution >= 4 is 19.7 Å². The van der Waals surface area contributed by atoms with Crippen LogP contribution in [0.3, 0.4) is 0 Å². The van der Waals surface area contributed by atoms with E-state index in [-0.39, 0.29) is 31.5 Å². The predicted octanol–water partition coefficient (Wildman–Crippen LogP) is 17.5. The maximum absolute atomic E-state index is 13.5. The number of phosphoric ester groups is 1. The van der Waals surface area contributed by atoms with Gasteiger partial charge in [0.25, 0.3) is 0 Å². The Kier molecular flexibility index (Phi) is 49.3. The maximum atomic E-state index is 13.5. The van der Waals surface area contributed by atoms with Crippen molar-refractivity contribution in [1.29, 1.82) is 0 Å². The summed E-state index contributed by atoms with van der Waals surface area (Å²) < 4.78 is 30.6. The van der Waals surface area contributed by atoms with Gasteiger partial charge in [-0.2, -0.15) is 0 Å². The summed E-state index contributed by atoms with van der Waals surface area (Å²) in [5, 5.41) is 3.03. The highest BCUT2D eigenvalue weighted by Crippen LogP contribution is 2.43. The summed E-state index contributed by atoms with van der Waals surface area (Å²) in [6, 6.07) is -0.882. The number of carbonyl (C=O) groups excluding carboxylic acids is 2. The number of rotatable bonds is 50. The van der Waals surface area contributed by atoms with Crippen molar-refractivity contribution in [2.45, 2.75) is 226 Å². The van der Waals surface area contributed by atoms with Gasteiger partial charge in [-0.05, 0) is 89.5 Å². The lowest BCUT2D eigenvalue weighted by atomic mass is 10.1. The van der Waals surface area contributed by atoms with Gasteiger partial charge in [0.05, 0.1) is 33.8 Å². The number of ether oxygens (including phenoxy) is 1. The number of phosphoric acid groups is 1. The van der Waals surface area contributed by atoms with Gasteiger partial charge in [0.2, 0.25) is 5.91 Å². The maximum Gasteiger partial charge on any atom is 0.472 e. The summed E-state index contributed by atoms with van der Waals surface area (Å²) >= 11 is 0. The molecule has 0 aliphatic carbocycles. The molecule has 0 saturated carbocycles. The molecule has 0 radical (unpaired) electrons. The Morgan fingerprint density at radius 3 is 1.48 bits per heavy atom. The first-order valence-electron chi connectivity index (χ1n) is 28.9. The van der Waals surface area contributed by atoms with Crippen LogP contribution in [-0.4, -0.2) is 74.3 Å². The van der Waals surface area contributed by atoms with Gasteiger partial charge in [-0.15, -0.1) is 0 Å². The van der Waals surface area contributed by atoms with E-state index >= 15 is 0 Å². The van der Waals surface area contributed by atoms with Gasteiger partial charge >= 0.3 is 13.8 Å². The van der Waals surface area contributed by atoms with E-state index in [1.165, 1.54) is 70.6 Å². The van der Waals surface area contributed by atoms with Crippen LogP contribution in [0.1, 0.15) is 213 Å². The van der Waals surface area contributed by atoms with Crippen LogP contribution in [0.5, 0.6) is 0 Å². The molecule has 0 saturated heterocycles. The Balaban J connectivity index is 5.42. The normalized spacial score (nSPS) is 14.7. The third-order valence-electron chi connectivity index (χ3n) is 12.0. The van der Waals surface area contributed by atoms with E-state index in [1.807, 2.05) is 94.1 Å². The summed E-state index contributed by atoms with van der Waals surface area (Å²) in [4.78, 5) is 37.6. The van der Waals surface area contributed by atoms with Crippen molar-refractivity contribution in [1.82, 2.24) is 5.32 Å². The van der Waals surface area contributed by atoms with Crippen molar-refractivity contribution < 1.29 is 37.3 Å². The number of carbonyl (C=O) groups is 2. The van der Waals surface area contributed by atoms with Crippen LogP contribution in [0, 0.1) is 0 Å². The van der Waals surface area contributed by atoms with Crippen LogP contribution in [0.15, 0.2) is 122 Å². The number of esters is 1. The number of quaternary nitrogens is 1. The predicted molar refractivity (Wildman–Crippen MR) is 313 cm³/mol. The third kappa shape index (κ3) is 53.1. The number of hydrogen-bond acceptors (Lipinski definition) is 6. The number of nitrogens with zero attached hydrogens (tertiary/aromatic N) is 1. The Morgan fingerprint density at radius 2 is 0.932 bits per heavy atom. The van der Waals surface area contributed by atoms with E-state index in [9.17, 15) is 19.0 Å². The second-order valence-corrected chi connectivity index (χ2v) is 21.7. The molecule has 0 rings (SSSR count). The van der Waals surface area contributed by atoms with E-state index in [1.54, 1.807) is 0 Å². The van der Waals surface area contributed by atoms with Crippen LogP contribution in [0.25, 0.3) is 0 Å². The highest BCUT2D eigenvalue weighted by atomic mass is 31.2. The lowest BCUT2D eigenvalue weighted by molar-refractivity contribution is -0.870. The Labute approximate surface area is 448 Å². The van der Waals surface area contributed by atoms with E-state index in [2.05, 4.69) is 74.7 Å². The van der Waals surface area contributed by atoms with Crippen LogP contribution in [0.4, 0.5) is 0 Å². The zero-order chi connectivity index (χ0) is 53.6. The molecular weight excluding hydrogens is 928 g/mol. The second kappa shape index (κ2) is 51.9. The molecular formula is C63H108N2O7P+. The highest BCUT2D eigenvalue weighted by Gasteiger charge is 2.30. The number of allylic oxidation sites excluding steroid dienone is 19. The monoisotopic (exact) mass is 1040 g/mol. The topological polar surface area (TPSA) is 111 Å². The molecule has 2 N–H and O–H groups in total. The summed E-state index contributed by atoms with van der Waals surface area (Å²) in [5.74, 6) is -0.582. The van der Waals surface area contributed by atoms with Crippen molar-refractivity contribution in [2.75, 3.05) is 40.9 Å². The van der Waals surface area contributed by atoms with Crippen LogP contribution < -0.4 is 5.32 Å². The summed E-state index contributed by atoms with van der Waals surface area (Å²) in [7, 11) is 1.44. The minimum absolute atomic E-state index is 0.0227. The van der Waals surface area contributed by atoms with Crippen molar-refractivity contribution in [3.05, 3.63) is 122 Å². The van der Waals surface area contributed by atoms with E-state index in [4.69, 9.17) is 13.8 Å². The van der Waals surface area contributed by atoms with Crippen molar-refractivity contribution in [2.24, 2.45) is 0 Å². The lowest BCUT2D eigenvalue weighted by Gasteiger charge is -2.27. The number of nitrogens with one attached hydrogen (secondary N) is 1. The molecule has 0 aromatic rings. The van der Waals surface area contributed by atoms with Gasteiger partial charge in [-0.1, -0.05) is 233 Å². The zero-order valence-corrected chi connectivity index (χ0v) is 48.2. The lowest BCUT2D eigenvalue weighted by Crippen LogP contribution is -2.47. The van der Waals surface area contributed by atoms with Crippen LogP contribution in [-0.2, 0) is 27.9 Å². The zero-order valence-electron chi connectivity index (χ0n) is 47.3. The fraction of sp³-hybridized carbons (Fsp3) is 0.651. The molecule has 0 aromatic carbocycles. The molecule has 9 nitrogen and oxygen atoms in total. The minimum Gasteiger partial charge on any atom is -0.456 e. The average molecular weight is 1040 g/mol. The third-order valence-corrected chi connectivity index (χ3v) is 13.0. The molecule has 10 heteroatoms. The minimum atomic E-state index is -4.47. The molecule has 0 fully saturated rings. The number of likely N-dealkylation sites (N-methyl/N-ethyl adjacent to an activating group) is 1. The SMILES string of the molecule is CC\C=C/C=C/C=C/C=C\C=C\C=C\CCCCCC(=O)OC(/C=C/CCCCCCCCCCC)C(COP(=O)(O)OCC[N+](C)(C)C)NC(=O)CCCCCCCC/C=C\C/C=C\C/C=C\CCCCC. The Hall–Kier alpha value is -3.59. The summed E-state index contributed by atoms with van der Waals surface area (Å²) in [5.41, 5.74) is 0. The first-order valence-corrected chi connectivity index (χ1v) is 30.4. The molecule has 416 valence electrons.